The number of thiophene rings is 1. The number of nitrogens with zero attached hydrogens (tertiary/aromatic N) is 1. The van der Waals surface area contributed by atoms with Crippen LogP contribution in [0, 0.1) is 0 Å². The molecule has 0 saturated carbocycles. The van der Waals surface area contributed by atoms with Gasteiger partial charge in [0.15, 0.2) is 5.58 Å². The van der Waals surface area contributed by atoms with Crippen LogP contribution >= 0.6 is 11.3 Å². The Kier molecular flexibility index (Phi) is 6.79. The smallest absolute Gasteiger partial charge is 0.178 e. The van der Waals surface area contributed by atoms with Crippen LogP contribution < -0.4 is 10.1 Å². The Balaban J connectivity index is 1.28. The molecule has 5 nitrogen and oxygen atoms in total. The Bertz CT molecular complexity index is 1060. The number of ether oxygens (including phenoxy) is 1. The van der Waals surface area contributed by atoms with E-state index in [1.165, 1.54) is 5.56 Å². The summed E-state index contributed by atoms with van der Waals surface area (Å²) in [4.78, 5) is 0. The number of fused-ring (bicyclic) bond motifs is 1. The third-order valence-electron chi connectivity index (χ3n) is 5.06. The summed E-state index contributed by atoms with van der Waals surface area (Å²) in [5.41, 5.74) is 3.76. The van der Waals surface area contributed by atoms with Crippen molar-refractivity contribution in [2.75, 3.05) is 13.2 Å². The molecule has 0 aliphatic heterocycles. The average Bonchev–Trinajstić information content (AvgIpc) is 3.40. The molecule has 2 N–H and O–H groups in total. The summed E-state index contributed by atoms with van der Waals surface area (Å²) in [5, 5.41) is 20.0. The second kappa shape index (κ2) is 9.89. The Morgan fingerprint density at radius 1 is 1.10 bits per heavy atom. The van der Waals surface area contributed by atoms with E-state index in [-0.39, 0.29) is 6.61 Å². The predicted molar refractivity (Wildman–Crippen MR) is 121 cm³/mol. The Morgan fingerprint density at radius 2 is 1.90 bits per heavy atom. The lowest BCUT2D eigenvalue weighted by Gasteiger charge is -2.18. The number of aromatic nitrogens is 1. The van der Waals surface area contributed by atoms with E-state index in [0.717, 1.165) is 34.4 Å². The Morgan fingerprint density at radius 3 is 2.77 bits per heavy atom. The summed E-state index contributed by atoms with van der Waals surface area (Å²) in [7, 11) is 0. The van der Waals surface area contributed by atoms with Gasteiger partial charge in [-0.05, 0) is 48.9 Å². The van der Waals surface area contributed by atoms with Gasteiger partial charge in [0.2, 0.25) is 0 Å². The highest BCUT2D eigenvalue weighted by atomic mass is 32.1. The fourth-order valence-electron chi connectivity index (χ4n) is 3.35. The summed E-state index contributed by atoms with van der Waals surface area (Å²) in [5.74, 6) is 0.692. The number of nitrogens with one attached hydrogen (secondary N) is 1. The number of rotatable bonds is 10. The number of hydrogen-bond donors (Lipinski definition) is 2. The van der Waals surface area contributed by atoms with Gasteiger partial charge in [-0.2, -0.15) is 0 Å². The molecule has 4 aromatic rings. The highest BCUT2D eigenvalue weighted by Gasteiger charge is 2.16. The molecule has 0 amide bonds. The van der Waals surface area contributed by atoms with Crippen molar-refractivity contribution in [3.8, 4) is 17.0 Å². The molecule has 0 aliphatic carbocycles. The number of aliphatic hydroxyl groups excluding tert-OH is 1. The van der Waals surface area contributed by atoms with E-state index in [9.17, 15) is 5.11 Å². The molecule has 2 unspecified atom stereocenters. The number of para-hydroxylation sites is 1. The first-order valence-electron chi connectivity index (χ1n) is 10.2. The lowest BCUT2D eigenvalue weighted by atomic mass is 10.1. The van der Waals surface area contributed by atoms with Crippen LogP contribution in [0.4, 0.5) is 0 Å². The number of hydrogen-bond acceptors (Lipinski definition) is 6. The average molecular weight is 423 g/mol. The Hall–Kier alpha value is -2.67. The van der Waals surface area contributed by atoms with Crippen LogP contribution in [0.15, 0.2) is 70.6 Å². The largest absolute Gasteiger partial charge is 0.490 e. The predicted octanol–water partition coefficient (Wildman–Crippen LogP) is 4.91. The van der Waals surface area contributed by atoms with Crippen LogP contribution in [0.5, 0.6) is 5.75 Å². The van der Waals surface area contributed by atoms with Crippen molar-refractivity contribution in [1.82, 2.24) is 10.5 Å². The lowest BCUT2D eigenvalue weighted by Crippen LogP contribution is -2.36. The van der Waals surface area contributed by atoms with Gasteiger partial charge in [-0.25, -0.2) is 0 Å². The summed E-state index contributed by atoms with van der Waals surface area (Å²) in [6.45, 7) is 2.83. The zero-order chi connectivity index (χ0) is 20.8. The summed E-state index contributed by atoms with van der Waals surface area (Å²) < 4.78 is 12.3. The van der Waals surface area contributed by atoms with Gasteiger partial charge in [-0.3, -0.25) is 0 Å². The molecule has 30 heavy (non-hydrogen) atoms. The normalized spacial score (nSPS) is 13.4. The SMILES string of the molecule is CC(CCc1ccccc1)NCC(O)COc1ccccc1-c1noc2ccsc12. The quantitative estimate of drug-likeness (QED) is 0.380. The zero-order valence-corrected chi connectivity index (χ0v) is 17.8. The monoisotopic (exact) mass is 422 g/mol. The molecule has 2 aromatic heterocycles. The van der Waals surface area contributed by atoms with Crippen molar-refractivity contribution in [1.29, 1.82) is 0 Å². The molecule has 0 fully saturated rings. The van der Waals surface area contributed by atoms with E-state index in [1.54, 1.807) is 11.3 Å². The first kappa shape index (κ1) is 20.6. The van der Waals surface area contributed by atoms with Crippen molar-refractivity contribution in [3.05, 3.63) is 71.6 Å². The molecule has 2 aromatic carbocycles. The van der Waals surface area contributed by atoms with Crippen LogP contribution in [0.2, 0.25) is 0 Å². The third kappa shape index (κ3) is 5.08. The van der Waals surface area contributed by atoms with Gasteiger partial charge in [0, 0.05) is 18.2 Å². The van der Waals surface area contributed by atoms with Crippen molar-refractivity contribution in [2.45, 2.75) is 31.9 Å². The van der Waals surface area contributed by atoms with E-state index in [0.29, 0.717) is 18.3 Å². The fourth-order valence-corrected chi connectivity index (χ4v) is 4.16. The molecule has 156 valence electrons. The molecule has 0 radical (unpaired) electrons. The van der Waals surface area contributed by atoms with Gasteiger partial charge in [-0.15, -0.1) is 11.3 Å². The Labute approximate surface area is 180 Å². The van der Waals surface area contributed by atoms with E-state index in [4.69, 9.17) is 9.26 Å². The molecule has 4 rings (SSSR count). The zero-order valence-electron chi connectivity index (χ0n) is 17.0. The minimum Gasteiger partial charge on any atom is -0.490 e. The van der Waals surface area contributed by atoms with Crippen LogP contribution in [0.25, 0.3) is 21.5 Å². The van der Waals surface area contributed by atoms with Crippen molar-refractivity contribution < 1.29 is 14.4 Å². The molecule has 0 bridgehead atoms. The van der Waals surface area contributed by atoms with Gasteiger partial charge < -0.3 is 19.7 Å². The summed E-state index contributed by atoms with van der Waals surface area (Å²) >= 11 is 1.59. The summed E-state index contributed by atoms with van der Waals surface area (Å²) in [6.07, 6.45) is 1.43. The highest BCUT2D eigenvalue weighted by molar-refractivity contribution is 7.17. The molecule has 0 spiro atoms. The lowest BCUT2D eigenvalue weighted by molar-refractivity contribution is 0.104. The van der Waals surface area contributed by atoms with Gasteiger partial charge in [0.05, 0.1) is 0 Å². The number of aliphatic hydroxyl groups is 1. The molecule has 2 heterocycles. The molecule has 0 aliphatic rings. The van der Waals surface area contributed by atoms with Crippen molar-refractivity contribution in [2.24, 2.45) is 0 Å². The van der Waals surface area contributed by atoms with Gasteiger partial charge in [0.1, 0.15) is 28.9 Å². The van der Waals surface area contributed by atoms with Crippen molar-refractivity contribution in [3.63, 3.8) is 0 Å². The number of aryl methyl sites for hydroxylation is 1. The van der Waals surface area contributed by atoms with E-state index < -0.39 is 6.10 Å². The topological polar surface area (TPSA) is 67.5 Å². The third-order valence-corrected chi connectivity index (χ3v) is 5.97. The minimum atomic E-state index is -0.601. The van der Waals surface area contributed by atoms with Crippen LogP contribution in [0.3, 0.4) is 0 Å². The standard InChI is InChI=1S/C24H26N2O3S/c1-17(11-12-18-7-3-2-4-8-18)25-15-19(27)16-28-21-10-6-5-9-20(21)23-24-22(29-26-23)13-14-30-24/h2-10,13-14,17,19,25,27H,11-12,15-16H2,1H3. The second-order valence-corrected chi connectivity index (χ2v) is 8.36. The maximum Gasteiger partial charge on any atom is 0.178 e. The first-order valence-corrected chi connectivity index (χ1v) is 11.1. The molecular weight excluding hydrogens is 396 g/mol. The molecule has 6 heteroatoms. The van der Waals surface area contributed by atoms with E-state index in [1.807, 2.05) is 41.8 Å². The number of benzene rings is 2. The molecule has 2 atom stereocenters. The van der Waals surface area contributed by atoms with Crippen LogP contribution in [-0.4, -0.2) is 35.6 Å². The highest BCUT2D eigenvalue weighted by Crippen LogP contribution is 2.36. The summed E-state index contributed by atoms with van der Waals surface area (Å²) in [6, 6.07) is 20.4. The second-order valence-electron chi connectivity index (χ2n) is 7.44. The maximum atomic E-state index is 10.4. The van der Waals surface area contributed by atoms with E-state index in [2.05, 4.69) is 41.7 Å². The minimum absolute atomic E-state index is 0.209. The van der Waals surface area contributed by atoms with Crippen molar-refractivity contribution >= 4 is 21.6 Å². The fraction of sp³-hybridized carbons (Fsp3) is 0.292. The molecule has 0 saturated heterocycles. The van der Waals surface area contributed by atoms with Crippen LogP contribution in [-0.2, 0) is 6.42 Å². The van der Waals surface area contributed by atoms with E-state index >= 15 is 0 Å². The van der Waals surface area contributed by atoms with Crippen LogP contribution in [0.1, 0.15) is 18.9 Å². The maximum absolute atomic E-state index is 10.4. The van der Waals surface area contributed by atoms with Gasteiger partial charge in [-0.1, -0.05) is 47.6 Å². The first-order chi connectivity index (χ1) is 14.7. The van der Waals surface area contributed by atoms with Gasteiger partial charge in [0.25, 0.3) is 0 Å². The molecular formula is C24H26N2O3S. The van der Waals surface area contributed by atoms with Gasteiger partial charge >= 0.3 is 0 Å².